The molecule has 0 radical (unpaired) electrons. The van der Waals surface area contributed by atoms with E-state index in [4.69, 9.17) is 0 Å². The van der Waals surface area contributed by atoms with Crippen molar-refractivity contribution in [2.75, 3.05) is 0 Å². The minimum Gasteiger partial charge on any atom is -0.309 e. The van der Waals surface area contributed by atoms with Crippen LogP contribution in [0, 0.1) is 0 Å². The zero-order valence-corrected chi connectivity index (χ0v) is 58.7. The largest absolute Gasteiger partial charge is 0.309 e. The van der Waals surface area contributed by atoms with Gasteiger partial charge < -0.3 is 18.3 Å². The summed E-state index contributed by atoms with van der Waals surface area (Å²) in [6, 6.07) is 145. The van der Waals surface area contributed by atoms with Gasteiger partial charge in [0, 0.05) is 65.8 Å². The molecule has 4 nitrogen and oxygen atoms in total. The first-order valence-corrected chi connectivity index (χ1v) is 37.4. The van der Waals surface area contributed by atoms with Crippen LogP contribution in [0.3, 0.4) is 0 Å². The molecule has 23 aromatic rings. The quantitative estimate of drug-likeness (QED) is 0.128. The van der Waals surface area contributed by atoms with Gasteiger partial charge in [0.2, 0.25) is 0 Å². The highest BCUT2D eigenvalue weighted by Gasteiger charge is 2.22. The first-order chi connectivity index (χ1) is 53.5. The van der Waals surface area contributed by atoms with Crippen LogP contribution in [0.4, 0.5) is 0 Å². The number of benzene rings is 19. The van der Waals surface area contributed by atoms with E-state index in [9.17, 15) is 0 Å². The van der Waals surface area contributed by atoms with Gasteiger partial charge in [-0.1, -0.05) is 255 Å². The highest BCUT2D eigenvalue weighted by atomic mass is 15.0. The molecule has 4 heterocycles. The molecule has 0 saturated heterocycles. The Bertz CT molecular complexity index is 7680. The summed E-state index contributed by atoms with van der Waals surface area (Å²) in [5.41, 5.74) is 25.7. The first kappa shape index (κ1) is 60.1. The van der Waals surface area contributed by atoms with Crippen molar-refractivity contribution in [1.29, 1.82) is 0 Å². The van der Waals surface area contributed by atoms with Crippen LogP contribution in [0.2, 0.25) is 0 Å². The molecular weight excluding hydrogens is 1310 g/mol. The summed E-state index contributed by atoms with van der Waals surface area (Å²) in [6.07, 6.45) is 0. The number of para-hydroxylation sites is 4. The fraction of sp³-hybridized carbons (Fsp3) is 0. The molecule has 4 aromatic heterocycles. The Kier molecular flexibility index (Phi) is 13.1. The van der Waals surface area contributed by atoms with Crippen molar-refractivity contribution >= 4 is 141 Å². The smallest absolute Gasteiger partial charge is 0.0547 e. The maximum Gasteiger partial charge on any atom is 0.0547 e. The van der Waals surface area contributed by atoms with Crippen molar-refractivity contribution < 1.29 is 0 Å². The number of rotatable bonds is 9. The second-order valence-corrected chi connectivity index (χ2v) is 29.1. The monoisotopic (exact) mass is 1370 g/mol. The van der Waals surface area contributed by atoms with Gasteiger partial charge in [0.25, 0.3) is 0 Å². The van der Waals surface area contributed by atoms with Crippen LogP contribution >= 0.6 is 0 Å². The summed E-state index contributed by atoms with van der Waals surface area (Å²) < 4.78 is 9.79. The van der Waals surface area contributed by atoms with Gasteiger partial charge in [-0.05, 0) is 243 Å². The van der Waals surface area contributed by atoms with Crippen LogP contribution in [0.1, 0.15) is 0 Å². The molecule has 23 rings (SSSR count). The molecule has 0 fully saturated rings. The summed E-state index contributed by atoms with van der Waals surface area (Å²) in [4.78, 5) is 0. The van der Waals surface area contributed by atoms with E-state index in [-0.39, 0.29) is 0 Å². The van der Waals surface area contributed by atoms with Gasteiger partial charge in [0.05, 0.1) is 44.1 Å². The molecule has 0 aliphatic rings. The minimum atomic E-state index is 1.11. The highest BCUT2D eigenvalue weighted by molar-refractivity contribution is 6.26. The number of hydrogen-bond acceptors (Lipinski definition) is 0. The van der Waals surface area contributed by atoms with Crippen LogP contribution in [0.5, 0.6) is 0 Å². The lowest BCUT2D eigenvalue weighted by Crippen LogP contribution is -1.95. The van der Waals surface area contributed by atoms with Crippen LogP contribution in [-0.2, 0) is 0 Å². The first-order valence-electron chi connectivity index (χ1n) is 37.4. The number of hydrogen-bond donors (Lipinski definition) is 0. The highest BCUT2D eigenvalue weighted by Crippen LogP contribution is 2.46. The molecule has 19 aromatic carbocycles. The summed E-state index contributed by atoms with van der Waals surface area (Å²) in [6.45, 7) is 0. The standard InChI is InChI=1S/C104H64N4/c1-3-22-75(23-4-1)105-97-36-17-15-34-87(97)93-58-67(43-52-99(93)105)70-46-55-102-96(61-70)90-51-42-72(64-104(90)108(102)78-26-19-21-73(56-78)91-62-74-20-7-8-27-79(74)80-28-9-13-32-84(80)91)71-41-50-89-95-60-69(45-54-101(95)107(103(89)63-71)76-24-5-2-6-25-76)68-44-53-100-94(59-68)88-35-16-18-37-98(88)106(100)77-47-38-65(39-48-77)66-40-49-86-83-31-11-10-29-81(83)82-30-12-14-33-85(82)92(86)57-66/h1-64H. The van der Waals surface area contributed by atoms with Crippen LogP contribution < -0.4 is 0 Å². The normalized spacial score (nSPS) is 12.1. The van der Waals surface area contributed by atoms with Crippen LogP contribution in [-0.4, -0.2) is 18.3 Å². The van der Waals surface area contributed by atoms with Gasteiger partial charge in [-0.3, -0.25) is 0 Å². The van der Waals surface area contributed by atoms with E-state index in [2.05, 4.69) is 407 Å². The van der Waals surface area contributed by atoms with Gasteiger partial charge in [-0.2, -0.15) is 0 Å². The van der Waals surface area contributed by atoms with Gasteiger partial charge in [-0.25, -0.2) is 0 Å². The van der Waals surface area contributed by atoms with Crippen molar-refractivity contribution in [3.63, 3.8) is 0 Å². The fourth-order valence-corrected chi connectivity index (χ4v) is 18.3. The zero-order valence-electron chi connectivity index (χ0n) is 58.7. The molecule has 0 bridgehead atoms. The molecule has 108 heavy (non-hydrogen) atoms. The average Bonchev–Trinajstić information content (AvgIpc) is 1.18. The average molecular weight is 1370 g/mol. The van der Waals surface area contributed by atoms with E-state index < -0.39 is 0 Å². The lowest BCUT2D eigenvalue weighted by molar-refractivity contribution is 1.18. The third kappa shape index (κ3) is 9.17. The van der Waals surface area contributed by atoms with Crippen LogP contribution in [0.25, 0.3) is 219 Å². The lowest BCUT2D eigenvalue weighted by atomic mass is 9.92. The molecular formula is C104H64N4. The van der Waals surface area contributed by atoms with Gasteiger partial charge in [-0.15, -0.1) is 0 Å². The third-order valence-electron chi connectivity index (χ3n) is 23.3. The summed E-state index contributed by atoms with van der Waals surface area (Å²) in [5.74, 6) is 0. The Balaban J connectivity index is 0.645. The summed E-state index contributed by atoms with van der Waals surface area (Å²) >= 11 is 0. The van der Waals surface area contributed by atoms with E-state index in [0.717, 1.165) is 55.9 Å². The van der Waals surface area contributed by atoms with Crippen molar-refractivity contribution in [1.82, 2.24) is 18.3 Å². The number of aromatic nitrogens is 4. The Morgan fingerprint density at radius 2 is 0.417 bits per heavy atom. The molecule has 0 atom stereocenters. The Labute approximate surface area is 621 Å². The molecule has 0 aliphatic carbocycles. The number of fused-ring (bicyclic) bond motifs is 21. The Hall–Kier alpha value is -14.3. The van der Waals surface area contributed by atoms with E-state index in [1.54, 1.807) is 0 Å². The summed E-state index contributed by atoms with van der Waals surface area (Å²) in [7, 11) is 0. The minimum absolute atomic E-state index is 1.11. The molecule has 0 N–H and O–H groups in total. The maximum absolute atomic E-state index is 2.50. The van der Waals surface area contributed by atoms with Crippen molar-refractivity contribution in [2.24, 2.45) is 0 Å². The molecule has 0 amide bonds. The van der Waals surface area contributed by atoms with Crippen molar-refractivity contribution in [2.45, 2.75) is 0 Å². The Morgan fingerprint density at radius 3 is 0.907 bits per heavy atom. The maximum atomic E-state index is 2.50. The van der Waals surface area contributed by atoms with Gasteiger partial charge in [0.15, 0.2) is 0 Å². The molecule has 4 heteroatoms. The third-order valence-corrected chi connectivity index (χ3v) is 23.3. The number of nitrogens with zero attached hydrogens (tertiary/aromatic N) is 4. The van der Waals surface area contributed by atoms with E-state index in [1.165, 1.54) is 164 Å². The van der Waals surface area contributed by atoms with Crippen molar-refractivity contribution in [3.05, 3.63) is 388 Å². The fourth-order valence-electron chi connectivity index (χ4n) is 18.3. The second kappa shape index (κ2) is 23.6. The predicted molar refractivity (Wildman–Crippen MR) is 459 cm³/mol. The van der Waals surface area contributed by atoms with E-state index >= 15 is 0 Å². The molecule has 0 saturated carbocycles. The lowest BCUT2D eigenvalue weighted by Gasteiger charge is -2.14. The van der Waals surface area contributed by atoms with Gasteiger partial charge in [0.1, 0.15) is 0 Å². The topological polar surface area (TPSA) is 19.7 Å². The van der Waals surface area contributed by atoms with E-state index in [1.807, 2.05) is 0 Å². The van der Waals surface area contributed by atoms with Gasteiger partial charge >= 0.3 is 0 Å². The molecule has 500 valence electrons. The zero-order chi connectivity index (χ0) is 70.7. The molecule has 0 unspecified atom stereocenters. The van der Waals surface area contributed by atoms with Crippen LogP contribution in [0.15, 0.2) is 388 Å². The van der Waals surface area contributed by atoms with Crippen molar-refractivity contribution in [3.8, 4) is 78.4 Å². The molecule has 0 spiro atoms. The molecule has 0 aliphatic heterocycles. The predicted octanol–water partition coefficient (Wildman–Crippen LogP) is 28.2. The van der Waals surface area contributed by atoms with E-state index in [0.29, 0.717) is 0 Å². The second-order valence-electron chi connectivity index (χ2n) is 29.1. The Morgan fingerprint density at radius 1 is 0.120 bits per heavy atom. The SMILES string of the molecule is c1ccc(-n2c3ccccc3c3cc(-c4ccc5c(c4)c4ccc(-c6ccc7c8cc(-c9ccc%10c(c9)c9ccccc9n%10-c9ccc(-c%10ccc%11c%12ccccc%12c%12ccccc%12c%11c%10)cc9)ccc8n(-c8ccccc8)c7c6)cc4n5-c4cccc(-c5cc6ccccc6c6ccccc56)c4)ccc32)cc1. The summed E-state index contributed by atoms with van der Waals surface area (Å²) in [5, 5.41) is 22.5.